The number of nitrogens with zero attached hydrogens (tertiary/aromatic N) is 2. The summed E-state index contributed by atoms with van der Waals surface area (Å²) in [7, 11) is 0. The van der Waals surface area contributed by atoms with E-state index >= 15 is 0 Å². The van der Waals surface area contributed by atoms with Crippen LogP contribution in [0.25, 0.3) is 11.0 Å². The van der Waals surface area contributed by atoms with E-state index in [9.17, 15) is 9.50 Å². The molecule has 0 bridgehead atoms. The van der Waals surface area contributed by atoms with E-state index in [1.807, 2.05) is 0 Å². The number of rotatable bonds is 1. The van der Waals surface area contributed by atoms with Crippen molar-refractivity contribution in [2.75, 3.05) is 0 Å². The minimum atomic E-state index is -1.55. The molecule has 2 aromatic rings. The van der Waals surface area contributed by atoms with Crippen LogP contribution in [0.5, 0.6) is 0 Å². The summed E-state index contributed by atoms with van der Waals surface area (Å²) in [6, 6.07) is 3.20. The molecule has 0 radical (unpaired) electrons. The van der Waals surface area contributed by atoms with Crippen molar-refractivity contribution in [1.29, 1.82) is 0 Å². The van der Waals surface area contributed by atoms with E-state index < -0.39 is 24.6 Å². The monoisotopic (exact) mass is 382 g/mol. The standard InChI is InChI=1S/C12H10BrCl2FN2O2/c1-4-10(19)9(16)11(20-4)18-8-3-6(15)5(14)2-7(8)17-12(18)13/h2-4,9-11,19H,1H3/t4-,9+,10-,11-/m1/s1. The van der Waals surface area contributed by atoms with E-state index in [1.165, 1.54) is 4.57 Å². The molecule has 1 fully saturated rings. The number of alkyl halides is 1. The lowest BCUT2D eigenvalue weighted by Gasteiger charge is -2.17. The van der Waals surface area contributed by atoms with Crippen molar-refractivity contribution in [3.8, 4) is 0 Å². The summed E-state index contributed by atoms with van der Waals surface area (Å²) >= 11 is 15.2. The number of ether oxygens (including phenoxy) is 1. The molecule has 3 rings (SSSR count). The molecule has 0 saturated carbocycles. The first kappa shape index (κ1) is 14.5. The number of aliphatic hydroxyl groups is 1. The summed E-state index contributed by atoms with van der Waals surface area (Å²) in [5.41, 5.74) is 1.15. The van der Waals surface area contributed by atoms with E-state index in [-0.39, 0.29) is 0 Å². The molecule has 1 aliphatic heterocycles. The molecule has 1 aliphatic rings. The van der Waals surface area contributed by atoms with Gasteiger partial charge >= 0.3 is 0 Å². The fourth-order valence-electron chi connectivity index (χ4n) is 2.31. The second-order valence-electron chi connectivity index (χ2n) is 4.67. The third kappa shape index (κ3) is 2.14. The van der Waals surface area contributed by atoms with Gasteiger partial charge in [0.25, 0.3) is 0 Å². The first-order chi connectivity index (χ1) is 9.40. The topological polar surface area (TPSA) is 47.3 Å². The number of halogens is 4. The molecule has 1 aromatic carbocycles. The Morgan fingerprint density at radius 3 is 2.65 bits per heavy atom. The van der Waals surface area contributed by atoms with Crippen LogP contribution < -0.4 is 0 Å². The van der Waals surface area contributed by atoms with Gasteiger partial charge in [0.05, 0.1) is 27.2 Å². The first-order valence-electron chi connectivity index (χ1n) is 5.90. The van der Waals surface area contributed by atoms with Gasteiger partial charge in [-0.3, -0.25) is 4.57 Å². The summed E-state index contributed by atoms with van der Waals surface area (Å²) < 4.78 is 21.6. The highest BCUT2D eigenvalue weighted by molar-refractivity contribution is 9.10. The fraction of sp³-hybridized carbons (Fsp3) is 0.417. The zero-order chi connectivity index (χ0) is 14.6. The molecule has 8 heteroatoms. The Morgan fingerprint density at radius 1 is 1.40 bits per heavy atom. The summed E-state index contributed by atoms with van der Waals surface area (Å²) in [6.07, 6.45) is -4.28. The maximum atomic E-state index is 14.2. The minimum absolute atomic E-state index is 0.342. The highest BCUT2D eigenvalue weighted by Crippen LogP contribution is 2.38. The second-order valence-corrected chi connectivity index (χ2v) is 6.20. The highest BCUT2D eigenvalue weighted by atomic mass is 79.9. The van der Waals surface area contributed by atoms with Gasteiger partial charge in [-0.2, -0.15) is 0 Å². The van der Waals surface area contributed by atoms with Crippen molar-refractivity contribution in [3.63, 3.8) is 0 Å². The minimum Gasteiger partial charge on any atom is -0.387 e. The Hall–Kier alpha value is -0.400. The molecule has 20 heavy (non-hydrogen) atoms. The van der Waals surface area contributed by atoms with E-state index in [2.05, 4.69) is 20.9 Å². The van der Waals surface area contributed by atoms with Gasteiger partial charge in [0.15, 0.2) is 17.1 Å². The van der Waals surface area contributed by atoms with Crippen LogP contribution in [0, 0.1) is 0 Å². The van der Waals surface area contributed by atoms with Gasteiger partial charge in [-0.05, 0) is 35.0 Å². The Kier molecular flexibility index (Phi) is 3.71. The molecular formula is C12H10BrCl2FN2O2. The van der Waals surface area contributed by atoms with Crippen LogP contribution in [0.2, 0.25) is 10.0 Å². The Bertz CT molecular complexity index is 681. The van der Waals surface area contributed by atoms with Crippen molar-refractivity contribution in [3.05, 3.63) is 26.9 Å². The third-order valence-electron chi connectivity index (χ3n) is 3.38. The second kappa shape index (κ2) is 5.10. The molecule has 0 aliphatic carbocycles. The van der Waals surface area contributed by atoms with Gasteiger partial charge in [-0.1, -0.05) is 23.2 Å². The quantitative estimate of drug-likeness (QED) is 0.816. The van der Waals surface area contributed by atoms with E-state index in [0.29, 0.717) is 25.8 Å². The van der Waals surface area contributed by atoms with Crippen molar-refractivity contribution in [1.82, 2.24) is 9.55 Å². The van der Waals surface area contributed by atoms with Crippen LogP contribution in [0.4, 0.5) is 4.39 Å². The lowest BCUT2D eigenvalue weighted by atomic mass is 10.2. The van der Waals surface area contributed by atoms with Crippen molar-refractivity contribution in [2.45, 2.75) is 31.5 Å². The largest absolute Gasteiger partial charge is 0.387 e. The van der Waals surface area contributed by atoms with Crippen LogP contribution >= 0.6 is 39.1 Å². The molecule has 1 saturated heterocycles. The van der Waals surface area contributed by atoms with Gasteiger partial charge in [-0.25, -0.2) is 9.37 Å². The van der Waals surface area contributed by atoms with Crippen LogP contribution in [0.15, 0.2) is 16.9 Å². The summed E-state index contributed by atoms with van der Waals surface area (Å²) in [5.74, 6) is 0. The van der Waals surface area contributed by atoms with Crippen molar-refractivity contribution in [2.24, 2.45) is 0 Å². The Labute approximate surface area is 132 Å². The molecule has 4 atom stereocenters. The maximum absolute atomic E-state index is 14.2. The summed E-state index contributed by atoms with van der Waals surface area (Å²) in [5, 5.41) is 10.4. The number of imidazole rings is 1. The first-order valence-corrected chi connectivity index (χ1v) is 7.45. The van der Waals surface area contributed by atoms with Crippen LogP contribution in [0.1, 0.15) is 13.2 Å². The molecular weight excluding hydrogens is 374 g/mol. The normalized spacial score (nSPS) is 30.3. The predicted octanol–water partition coefficient (Wildman–Crippen LogP) is 3.72. The zero-order valence-corrected chi connectivity index (χ0v) is 13.3. The molecule has 2 heterocycles. The number of hydrogen-bond donors (Lipinski definition) is 1. The summed E-state index contributed by atoms with van der Waals surface area (Å²) in [6.45, 7) is 1.62. The number of benzene rings is 1. The average Bonchev–Trinajstić information content (AvgIpc) is 2.81. The molecule has 0 spiro atoms. The van der Waals surface area contributed by atoms with Crippen LogP contribution in [0.3, 0.4) is 0 Å². The summed E-state index contributed by atoms with van der Waals surface area (Å²) in [4.78, 5) is 4.25. The van der Waals surface area contributed by atoms with Crippen molar-refractivity contribution < 1.29 is 14.2 Å². The predicted molar refractivity (Wildman–Crippen MR) is 77.9 cm³/mol. The Morgan fingerprint density at radius 2 is 2.05 bits per heavy atom. The molecule has 1 aromatic heterocycles. The molecule has 0 unspecified atom stereocenters. The van der Waals surface area contributed by atoms with E-state index in [0.717, 1.165) is 0 Å². The molecule has 4 nitrogen and oxygen atoms in total. The fourth-order valence-corrected chi connectivity index (χ4v) is 3.21. The number of hydrogen-bond acceptors (Lipinski definition) is 3. The number of aromatic nitrogens is 2. The van der Waals surface area contributed by atoms with E-state index in [4.69, 9.17) is 27.9 Å². The van der Waals surface area contributed by atoms with Crippen LogP contribution in [-0.4, -0.2) is 33.0 Å². The molecule has 108 valence electrons. The van der Waals surface area contributed by atoms with Gasteiger partial charge in [0, 0.05) is 0 Å². The lowest BCUT2D eigenvalue weighted by molar-refractivity contribution is -0.0147. The average molecular weight is 384 g/mol. The zero-order valence-electron chi connectivity index (χ0n) is 10.2. The Balaban J connectivity index is 2.17. The van der Waals surface area contributed by atoms with E-state index in [1.54, 1.807) is 19.1 Å². The molecule has 1 N–H and O–H groups in total. The smallest absolute Gasteiger partial charge is 0.180 e. The van der Waals surface area contributed by atoms with Crippen molar-refractivity contribution >= 4 is 50.2 Å². The lowest BCUT2D eigenvalue weighted by Crippen LogP contribution is -2.26. The molecule has 0 amide bonds. The number of aliphatic hydroxyl groups excluding tert-OH is 1. The number of fused-ring (bicyclic) bond motifs is 1. The van der Waals surface area contributed by atoms with Crippen LogP contribution in [-0.2, 0) is 4.74 Å². The third-order valence-corrected chi connectivity index (χ3v) is 4.66. The SMILES string of the molecule is C[C@H]1O[C@@H](n2c(Br)nc3cc(Cl)c(Cl)cc32)[C@@H](F)[C@@H]1O. The van der Waals surface area contributed by atoms with Gasteiger partial charge in [-0.15, -0.1) is 0 Å². The van der Waals surface area contributed by atoms with Gasteiger partial charge in [0.2, 0.25) is 0 Å². The van der Waals surface area contributed by atoms with Gasteiger partial charge in [0.1, 0.15) is 6.10 Å². The highest BCUT2D eigenvalue weighted by Gasteiger charge is 2.44. The maximum Gasteiger partial charge on any atom is 0.180 e. The van der Waals surface area contributed by atoms with Gasteiger partial charge < -0.3 is 9.84 Å².